The molecule has 4 nitrogen and oxygen atoms in total. The Morgan fingerprint density at radius 3 is 2.17 bits per heavy atom. The van der Waals surface area contributed by atoms with Crippen LogP contribution in [0.3, 0.4) is 0 Å². The predicted molar refractivity (Wildman–Crippen MR) is 152 cm³/mol. The van der Waals surface area contributed by atoms with E-state index in [1.165, 1.54) is 44.1 Å². The normalized spacial score (nSPS) is 30.4. The molecule has 0 radical (unpaired) electrons. The van der Waals surface area contributed by atoms with Gasteiger partial charge in [0.15, 0.2) is 0 Å². The molecule has 2 aliphatic rings. The van der Waals surface area contributed by atoms with Crippen LogP contribution in [0, 0.1) is 6.92 Å². The molecular formula is C31H44N4. The molecule has 0 spiro atoms. The first-order chi connectivity index (χ1) is 16.5. The summed E-state index contributed by atoms with van der Waals surface area (Å²) in [5.41, 5.74) is 26.3. The summed E-state index contributed by atoms with van der Waals surface area (Å²) >= 11 is 0. The third-order valence-electron chi connectivity index (χ3n) is 8.10. The number of hydrogen-bond acceptors (Lipinski definition) is 3. The van der Waals surface area contributed by atoms with E-state index in [0.29, 0.717) is 0 Å². The maximum atomic E-state index is 6.70. The number of nitrogens with zero attached hydrogens (tertiary/aromatic N) is 1. The van der Waals surface area contributed by atoms with Gasteiger partial charge in [0, 0.05) is 41.3 Å². The van der Waals surface area contributed by atoms with Crippen LogP contribution in [0.5, 0.6) is 0 Å². The average Bonchev–Trinajstić information content (AvgIpc) is 3.22. The molecule has 4 heteroatoms. The van der Waals surface area contributed by atoms with Gasteiger partial charge in [0.05, 0.1) is 6.04 Å². The SMILES string of the molecule is CCC1=C\C=C2/NC(C/C(N)=C(C)/C(C)=C/C=c3/c(C)c(CC)/c(n3C)=C\C(N)=C\1C)C(C)=C2C. The van der Waals surface area contributed by atoms with E-state index in [9.17, 15) is 0 Å². The molecule has 0 saturated heterocycles. The lowest BCUT2D eigenvalue weighted by Gasteiger charge is -2.16. The summed E-state index contributed by atoms with van der Waals surface area (Å²) in [4.78, 5) is 0. The average molecular weight is 473 g/mol. The number of nitrogens with one attached hydrogen (secondary N) is 1. The number of nitrogens with two attached hydrogens (primary N) is 2. The lowest BCUT2D eigenvalue weighted by Crippen LogP contribution is -2.26. The van der Waals surface area contributed by atoms with Gasteiger partial charge in [0.25, 0.3) is 0 Å². The molecule has 188 valence electrons. The standard InChI is InChI=1S/C31H44N4/c1-10-24-13-14-28-20(5)21(6)29(34-28)16-26(32)19(4)18(3)12-15-30-23(8)25(11-2)31(35(30)9)17-27(33)22(24)7/h12-15,17,29,34H,10-11,16,32-33H2,1-9H3/b18-12+,24-13+,26-19-,27-22-,28-14-,30-15-,31-17+. The van der Waals surface area contributed by atoms with Crippen molar-refractivity contribution in [2.24, 2.45) is 18.5 Å². The highest BCUT2D eigenvalue weighted by Gasteiger charge is 2.24. The van der Waals surface area contributed by atoms with E-state index in [4.69, 9.17) is 11.5 Å². The van der Waals surface area contributed by atoms with Crippen LogP contribution in [0.2, 0.25) is 0 Å². The van der Waals surface area contributed by atoms with Gasteiger partial charge < -0.3 is 21.4 Å². The molecule has 4 bridgehead atoms. The maximum absolute atomic E-state index is 6.70. The van der Waals surface area contributed by atoms with Crippen molar-refractivity contribution in [2.45, 2.75) is 80.7 Å². The lowest BCUT2D eigenvalue weighted by molar-refractivity contribution is 0.663. The molecular weight excluding hydrogens is 428 g/mol. The number of allylic oxidation sites excluding steroid dienone is 9. The zero-order chi connectivity index (χ0) is 26.0. The van der Waals surface area contributed by atoms with Gasteiger partial charge in [-0.15, -0.1) is 0 Å². The van der Waals surface area contributed by atoms with Crippen LogP contribution >= 0.6 is 0 Å². The number of fused-ring (bicyclic) bond motifs is 4. The van der Waals surface area contributed by atoms with Crippen molar-refractivity contribution in [3.8, 4) is 0 Å². The number of hydrogen-bond donors (Lipinski definition) is 3. The zero-order valence-corrected chi connectivity index (χ0v) is 23.2. The van der Waals surface area contributed by atoms with Crippen molar-refractivity contribution in [1.82, 2.24) is 9.88 Å². The second kappa shape index (κ2) is 10.6. The maximum Gasteiger partial charge on any atom is 0.0531 e. The van der Waals surface area contributed by atoms with Crippen molar-refractivity contribution in [2.75, 3.05) is 0 Å². The van der Waals surface area contributed by atoms with Crippen LogP contribution in [0.1, 0.15) is 72.4 Å². The van der Waals surface area contributed by atoms with E-state index >= 15 is 0 Å². The molecule has 0 aromatic carbocycles. The first kappa shape index (κ1) is 26.5. The van der Waals surface area contributed by atoms with Gasteiger partial charge in [0.1, 0.15) is 0 Å². The minimum Gasteiger partial charge on any atom is -0.402 e. The molecule has 35 heavy (non-hydrogen) atoms. The van der Waals surface area contributed by atoms with Gasteiger partial charge in [-0.1, -0.05) is 26.0 Å². The van der Waals surface area contributed by atoms with Crippen molar-refractivity contribution in [1.29, 1.82) is 0 Å². The molecule has 3 heterocycles. The predicted octanol–water partition coefficient (Wildman–Crippen LogP) is 4.80. The quantitative estimate of drug-likeness (QED) is 0.579. The fourth-order valence-corrected chi connectivity index (χ4v) is 5.14. The van der Waals surface area contributed by atoms with E-state index in [0.717, 1.165) is 47.5 Å². The van der Waals surface area contributed by atoms with Crippen LogP contribution in [0.15, 0.2) is 68.8 Å². The van der Waals surface area contributed by atoms with Gasteiger partial charge in [-0.3, -0.25) is 0 Å². The Balaban J connectivity index is 2.36. The summed E-state index contributed by atoms with van der Waals surface area (Å²) in [6.45, 7) is 17.4. The summed E-state index contributed by atoms with van der Waals surface area (Å²) in [5.74, 6) is 0. The Morgan fingerprint density at radius 2 is 1.54 bits per heavy atom. The molecule has 1 unspecified atom stereocenters. The smallest absolute Gasteiger partial charge is 0.0531 e. The Hall–Kier alpha value is -3.14. The lowest BCUT2D eigenvalue weighted by atomic mass is 9.98. The summed E-state index contributed by atoms with van der Waals surface area (Å²) in [5, 5.41) is 6.09. The molecule has 0 saturated carbocycles. The van der Waals surface area contributed by atoms with Crippen LogP contribution in [0.4, 0.5) is 0 Å². The first-order valence-corrected chi connectivity index (χ1v) is 12.8. The van der Waals surface area contributed by atoms with E-state index in [1.807, 2.05) is 0 Å². The second-order valence-corrected chi connectivity index (χ2v) is 10.0. The molecule has 1 aromatic heterocycles. The Morgan fingerprint density at radius 1 is 0.857 bits per heavy atom. The fourth-order valence-electron chi connectivity index (χ4n) is 5.14. The van der Waals surface area contributed by atoms with Gasteiger partial charge in [0.2, 0.25) is 0 Å². The zero-order valence-electron chi connectivity index (χ0n) is 23.2. The molecule has 0 amide bonds. The van der Waals surface area contributed by atoms with Crippen molar-refractivity contribution < 1.29 is 0 Å². The highest BCUT2D eigenvalue weighted by molar-refractivity contribution is 5.55. The minimum absolute atomic E-state index is 0.213. The van der Waals surface area contributed by atoms with Gasteiger partial charge >= 0.3 is 0 Å². The van der Waals surface area contributed by atoms with E-state index in [-0.39, 0.29) is 6.04 Å². The number of aromatic nitrogens is 1. The first-order valence-electron chi connectivity index (χ1n) is 12.8. The molecule has 3 rings (SSSR count). The third-order valence-corrected chi connectivity index (χ3v) is 8.10. The molecule has 5 N–H and O–H groups in total. The van der Waals surface area contributed by atoms with Crippen molar-refractivity contribution in [3.05, 3.63) is 90.6 Å². The molecule has 1 atom stereocenters. The highest BCUT2D eigenvalue weighted by Crippen LogP contribution is 2.29. The monoisotopic (exact) mass is 472 g/mol. The molecule has 0 fully saturated rings. The van der Waals surface area contributed by atoms with E-state index in [1.54, 1.807) is 0 Å². The Labute approximate surface area is 211 Å². The van der Waals surface area contributed by atoms with Crippen molar-refractivity contribution >= 4 is 12.2 Å². The van der Waals surface area contributed by atoms with Crippen molar-refractivity contribution in [3.63, 3.8) is 0 Å². The summed E-state index contributed by atoms with van der Waals surface area (Å²) < 4.78 is 2.27. The van der Waals surface area contributed by atoms with Crippen LogP contribution in [-0.2, 0) is 13.5 Å². The third kappa shape index (κ3) is 5.12. The Bertz CT molecular complexity index is 1330. The largest absolute Gasteiger partial charge is 0.402 e. The summed E-state index contributed by atoms with van der Waals surface area (Å²) in [7, 11) is 2.13. The topological polar surface area (TPSA) is 69.0 Å². The van der Waals surface area contributed by atoms with Gasteiger partial charge in [-0.2, -0.15) is 0 Å². The highest BCUT2D eigenvalue weighted by atomic mass is 15.0. The fraction of sp³-hybridized carbons (Fsp3) is 0.419. The molecule has 2 aliphatic heterocycles. The Kier molecular flexibility index (Phi) is 8.04. The van der Waals surface area contributed by atoms with Gasteiger partial charge in [-0.25, -0.2) is 0 Å². The molecule has 0 aliphatic carbocycles. The van der Waals surface area contributed by atoms with Crippen LogP contribution in [-0.4, -0.2) is 10.6 Å². The van der Waals surface area contributed by atoms with E-state index < -0.39 is 0 Å². The molecule has 1 aromatic rings. The van der Waals surface area contributed by atoms with Crippen LogP contribution < -0.4 is 27.5 Å². The second-order valence-electron chi connectivity index (χ2n) is 10.0. The van der Waals surface area contributed by atoms with Crippen LogP contribution in [0.25, 0.3) is 12.2 Å². The summed E-state index contributed by atoms with van der Waals surface area (Å²) in [6.07, 6.45) is 13.6. The summed E-state index contributed by atoms with van der Waals surface area (Å²) in [6, 6.07) is 0.213. The van der Waals surface area contributed by atoms with Gasteiger partial charge in [-0.05, 0) is 117 Å². The number of rotatable bonds is 2. The minimum atomic E-state index is 0.213. The van der Waals surface area contributed by atoms with E-state index in [2.05, 4.69) is 103 Å².